The molecule has 0 radical (unpaired) electrons. The molecule has 2 heteroatoms. The highest BCUT2D eigenvalue weighted by Crippen LogP contribution is 2.45. The van der Waals surface area contributed by atoms with Crippen molar-refractivity contribution in [3.8, 4) is 55.6 Å². The third kappa shape index (κ3) is 6.63. The van der Waals surface area contributed by atoms with Crippen LogP contribution in [0.5, 0.6) is 0 Å². The lowest BCUT2D eigenvalue weighted by molar-refractivity contribution is 1.28. The minimum atomic E-state index is 1.09. The van der Waals surface area contributed by atoms with Crippen molar-refractivity contribution in [2.45, 2.75) is 0 Å². The van der Waals surface area contributed by atoms with Crippen LogP contribution in [0.3, 0.4) is 0 Å². The highest BCUT2D eigenvalue weighted by Gasteiger charge is 2.20. The molecule has 0 spiro atoms. The first kappa shape index (κ1) is 35.6. The second-order valence-corrected chi connectivity index (χ2v) is 16.4. The molecular formula is C58H39NS. The molecular weight excluding hydrogens is 743 g/mol. The molecule has 10 aromatic carbocycles. The maximum Gasteiger partial charge on any atom is 0.0546 e. The van der Waals surface area contributed by atoms with Crippen LogP contribution in [0, 0.1) is 0 Å². The monoisotopic (exact) mass is 781 g/mol. The zero-order valence-electron chi connectivity index (χ0n) is 32.9. The van der Waals surface area contributed by atoms with Gasteiger partial charge in [0.2, 0.25) is 0 Å². The predicted molar refractivity (Wildman–Crippen MR) is 259 cm³/mol. The summed E-state index contributed by atoms with van der Waals surface area (Å²) in [6.07, 6.45) is 0. The fourth-order valence-corrected chi connectivity index (χ4v) is 9.85. The van der Waals surface area contributed by atoms with Crippen LogP contribution >= 0.6 is 11.3 Å². The summed E-state index contributed by atoms with van der Waals surface area (Å²) < 4.78 is 2.64. The Morgan fingerprint density at radius 1 is 0.283 bits per heavy atom. The van der Waals surface area contributed by atoms with E-state index in [4.69, 9.17) is 0 Å². The van der Waals surface area contributed by atoms with Crippen molar-refractivity contribution in [2.24, 2.45) is 0 Å². The highest BCUT2D eigenvalue weighted by atomic mass is 32.1. The van der Waals surface area contributed by atoms with Gasteiger partial charge >= 0.3 is 0 Å². The SMILES string of the molecule is c1ccc(-c2ccc(-c3ccc(N(c4ccc(-c5cccc6c5sc5ccccc56)cc4)c4cc(-c5ccc6ccccc6c5)ccc4-c4ccccc4)cc3)cc2)cc1. The summed E-state index contributed by atoms with van der Waals surface area (Å²) in [6, 6.07) is 86.2. The van der Waals surface area contributed by atoms with Gasteiger partial charge in [-0.1, -0.05) is 194 Å². The zero-order valence-corrected chi connectivity index (χ0v) is 33.7. The minimum Gasteiger partial charge on any atom is -0.310 e. The molecule has 11 aromatic rings. The van der Waals surface area contributed by atoms with Crippen LogP contribution in [-0.2, 0) is 0 Å². The smallest absolute Gasteiger partial charge is 0.0546 e. The Morgan fingerprint density at radius 2 is 0.767 bits per heavy atom. The molecule has 0 amide bonds. The fraction of sp³-hybridized carbons (Fsp3) is 0. The lowest BCUT2D eigenvalue weighted by atomic mass is 9.95. The molecule has 282 valence electrons. The molecule has 1 aromatic heterocycles. The first-order chi connectivity index (χ1) is 29.7. The number of nitrogens with zero attached hydrogens (tertiary/aromatic N) is 1. The Labute approximate surface area is 354 Å². The molecule has 0 atom stereocenters. The van der Waals surface area contributed by atoms with Crippen LogP contribution in [0.25, 0.3) is 86.6 Å². The van der Waals surface area contributed by atoms with Crippen LogP contribution in [0.2, 0.25) is 0 Å². The van der Waals surface area contributed by atoms with E-state index in [1.165, 1.54) is 86.6 Å². The molecule has 1 nitrogen and oxygen atoms in total. The Bertz CT molecular complexity index is 3270. The lowest BCUT2D eigenvalue weighted by Crippen LogP contribution is -2.11. The van der Waals surface area contributed by atoms with Gasteiger partial charge in [0, 0.05) is 37.1 Å². The summed E-state index contributed by atoms with van der Waals surface area (Å²) in [7, 11) is 0. The van der Waals surface area contributed by atoms with Gasteiger partial charge in [-0.2, -0.15) is 0 Å². The standard InChI is InChI=1S/C58H39NS/c1-3-12-40(13-4-1)42-22-24-43(25-23-42)44-28-33-50(34-29-44)59(51-35-30-46(31-36-51)53-19-11-20-55-54-18-9-10-21-57(54)60-58(53)55)56-39-49(32-37-52(56)45-15-5-2-6-16-45)48-27-26-41-14-7-8-17-47(41)38-48/h1-39H. The number of rotatable bonds is 8. The number of hydrogen-bond donors (Lipinski definition) is 0. The summed E-state index contributed by atoms with van der Waals surface area (Å²) >= 11 is 1.88. The van der Waals surface area contributed by atoms with Gasteiger partial charge in [0.15, 0.2) is 0 Å². The van der Waals surface area contributed by atoms with Crippen LogP contribution < -0.4 is 4.90 Å². The third-order valence-electron chi connectivity index (χ3n) is 11.7. The Hall–Kier alpha value is -7.52. The summed E-state index contributed by atoms with van der Waals surface area (Å²) in [5.41, 5.74) is 15.3. The second kappa shape index (κ2) is 15.3. The van der Waals surface area contributed by atoms with E-state index in [0.29, 0.717) is 0 Å². The van der Waals surface area contributed by atoms with Gasteiger partial charge in [-0.3, -0.25) is 0 Å². The van der Waals surface area contributed by atoms with Crippen molar-refractivity contribution in [3.63, 3.8) is 0 Å². The van der Waals surface area contributed by atoms with Crippen LogP contribution in [-0.4, -0.2) is 0 Å². The summed E-state index contributed by atoms with van der Waals surface area (Å²) in [5.74, 6) is 0. The molecule has 0 unspecified atom stereocenters. The van der Waals surface area contributed by atoms with Crippen molar-refractivity contribution in [3.05, 3.63) is 237 Å². The topological polar surface area (TPSA) is 3.24 Å². The van der Waals surface area contributed by atoms with Crippen molar-refractivity contribution in [1.82, 2.24) is 0 Å². The summed E-state index contributed by atoms with van der Waals surface area (Å²) in [6.45, 7) is 0. The summed E-state index contributed by atoms with van der Waals surface area (Å²) in [4.78, 5) is 2.43. The quantitative estimate of drug-likeness (QED) is 0.148. The predicted octanol–water partition coefficient (Wildman–Crippen LogP) is 17.0. The number of thiophene rings is 1. The second-order valence-electron chi connectivity index (χ2n) is 15.3. The molecule has 0 aliphatic carbocycles. The number of hydrogen-bond acceptors (Lipinski definition) is 2. The van der Waals surface area contributed by atoms with E-state index < -0.39 is 0 Å². The van der Waals surface area contributed by atoms with Crippen LogP contribution in [0.15, 0.2) is 237 Å². The number of anilines is 3. The molecule has 0 aliphatic rings. The number of fused-ring (bicyclic) bond motifs is 4. The normalized spacial score (nSPS) is 11.3. The highest BCUT2D eigenvalue weighted by molar-refractivity contribution is 7.26. The van der Waals surface area contributed by atoms with Crippen LogP contribution in [0.1, 0.15) is 0 Å². The molecule has 11 rings (SSSR count). The van der Waals surface area contributed by atoms with E-state index in [1.54, 1.807) is 0 Å². The number of benzene rings is 10. The Balaban J connectivity index is 1.05. The first-order valence-corrected chi connectivity index (χ1v) is 21.3. The van der Waals surface area contributed by atoms with Gasteiger partial charge in [-0.15, -0.1) is 11.3 Å². The Morgan fingerprint density at radius 3 is 1.47 bits per heavy atom. The van der Waals surface area contributed by atoms with Gasteiger partial charge < -0.3 is 4.90 Å². The van der Waals surface area contributed by atoms with E-state index in [9.17, 15) is 0 Å². The van der Waals surface area contributed by atoms with E-state index >= 15 is 0 Å². The van der Waals surface area contributed by atoms with Gasteiger partial charge in [-0.25, -0.2) is 0 Å². The van der Waals surface area contributed by atoms with Gasteiger partial charge in [0.25, 0.3) is 0 Å². The zero-order chi connectivity index (χ0) is 39.8. The maximum absolute atomic E-state index is 2.43. The molecule has 0 saturated carbocycles. The van der Waals surface area contributed by atoms with Gasteiger partial charge in [0.05, 0.1) is 5.69 Å². The first-order valence-electron chi connectivity index (χ1n) is 20.5. The lowest BCUT2D eigenvalue weighted by Gasteiger charge is -2.29. The molecule has 0 saturated heterocycles. The van der Waals surface area contributed by atoms with Crippen molar-refractivity contribution in [2.75, 3.05) is 4.90 Å². The summed E-state index contributed by atoms with van der Waals surface area (Å²) in [5, 5.41) is 5.10. The van der Waals surface area contributed by atoms with E-state index in [-0.39, 0.29) is 0 Å². The van der Waals surface area contributed by atoms with Crippen molar-refractivity contribution >= 4 is 59.3 Å². The molecule has 0 bridgehead atoms. The molecule has 1 heterocycles. The Kier molecular flexibility index (Phi) is 9.11. The molecule has 0 fully saturated rings. The van der Waals surface area contributed by atoms with Gasteiger partial charge in [0.1, 0.15) is 0 Å². The molecule has 60 heavy (non-hydrogen) atoms. The average Bonchev–Trinajstić information content (AvgIpc) is 3.72. The molecule has 0 aliphatic heterocycles. The minimum absolute atomic E-state index is 1.09. The van der Waals surface area contributed by atoms with Crippen LogP contribution in [0.4, 0.5) is 17.1 Å². The van der Waals surface area contributed by atoms with E-state index in [0.717, 1.165) is 17.1 Å². The average molecular weight is 782 g/mol. The van der Waals surface area contributed by atoms with E-state index in [2.05, 4.69) is 241 Å². The van der Waals surface area contributed by atoms with E-state index in [1.807, 2.05) is 11.3 Å². The van der Waals surface area contributed by atoms with Crippen molar-refractivity contribution in [1.29, 1.82) is 0 Å². The largest absolute Gasteiger partial charge is 0.310 e. The third-order valence-corrected chi connectivity index (χ3v) is 12.9. The van der Waals surface area contributed by atoms with Crippen molar-refractivity contribution < 1.29 is 0 Å². The molecule has 0 N–H and O–H groups in total. The van der Waals surface area contributed by atoms with Gasteiger partial charge in [-0.05, 0) is 103 Å². The maximum atomic E-state index is 2.43. The fourth-order valence-electron chi connectivity index (χ4n) is 8.61.